The van der Waals surface area contributed by atoms with Gasteiger partial charge in [0.2, 0.25) is 0 Å². The minimum atomic E-state index is -0.853. The molecule has 1 aromatic carbocycles. The van der Waals surface area contributed by atoms with E-state index in [0.29, 0.717) is 0 Å². The van der Waals surface area contributed by atoms with Gasteiger partial charge in [0.05, 0.1) is 6.61 Å². The van der Waals surface area contributed by atoms with Gasteiger partial charge in [0.15, 0.2) is 0 Å². The van der Waals surface area contributed by atoms with Crippen LogP contribution in [-0.4, -0.2) is 31.0 Å². The third-order valence-electron chi connectivity index (χ3n) is 2.15. The molecule has 0 aliphatic carbocycles. The molecule has 0 bridgehead atoms. The molecule has 0 aliphatic heterocycles. The van der Waals surface area contributed by atoms with E-state index in [-0.39, 0.29) is 6.61 Å². The molecule has 0 aromatic heterocycles. The molecule has 3 nitrogen and oxygen atoms in total. The molecule has 1 atom stereocenters. The summed E-state index contributed by atoms with van der Waals surface area (Å²) in [6, 6.07) is 7.52. The number of rotatable bonds is 5. The number of hydrogen-bond donors (Lipinski definition) is 1. The highest BCUT2D eigenvalue weighted by molar-refractivity contribution is 7.98. The first kappa shape index (κ1) is 12.1. The van der Waals surface area contributed by atoms with Crippen LogP contribution in [0.15, 0.2) is 29.2 Å². The Morgan fingerprint density at radius 2 is 2.07 bits per heavy atom. The molecule has 0 saturated heterocycles. The SMILES string of the molecule is COCC(C(=O)O)c1ccc(SC)cc1. The van der Waals surface area contributed by atoms with Gasteiger partial charge in [-0.15, -0.1) is 11.8 Å². The van der Waals surface area contributed by atoms with Crippen molar-refractivity contribution in [2.75, 3.05) is 20.0 Å². The molecule has 0 aliphatic rings. The predicted octanol–water partition coefficient (Wildman–Crippen LogP) is 2.22. The van der Waals surface area contributed by atoms with Crippen LogP contribution < -0.4 is 0 Å². The van der Waals surface area contributed by atoms with Crippen LogP contribution in [0, 0.1) is 0 Å². The van der Waals surface area contributed by atoms with E-state index in [0.717, 1.165) is 10.5 Å². The third-order valence-corrected chi connectivity index (χ3v) is 2.89. The van der Waals surface area contributed by atoms with Gasteiger partial charge in [-0.2, -0.15) is 0 Å². The average Bonchev–Trinajstić information content (AvgIpc) is 2.26. The molecule has 0 spiro atoms. The zero-order chi connectivity index (χ0) is 11.3. The van der Waals surface area contributed by atoms with Gasteiger partial charge in [-0.1, -0.05) is 12.1 Å². The van der Waals surface area contributed by atoms with Crippen molar-refractivity contribution in [2.45, 2.75) is 10.8 Å². The fraction of sp³-hybridized carbons (Fsp3) is 0.364. The second-order valence-corrected chi connectivity index (χ2v) is 4.00. The summed E-state index contributed by atoms with van der Waals surface area (Å²) in [4.78, 5) is 12.1. The summed E-state index contributed by atoms with van der Waals surface area (Å²) in [6.07, 6.45) is 1.98. The number of benzene rings is 1. The standard InChI is InChI=1S/C11H14O3S/c1-14-7-10(11(12)13)8-3-5-9(15-2)6-4-8/h3-6,10H,7H2,1-2H3,(H,12,13). The topological polar surface area (TPSA) is 46.5 Å². The second kappa shape index (κ2) is 5.78. The Balaban J connectivity index is 2.86. The van der Waals surface area contributed by atoms with Gasteiger partial charge >= 0.3 is 5.97 Å². The summed E-state index contributed by atoms with van der Waals surface area (Å²) >= 11 is 1.63. The number of thioether (sulfide) groups is 1. The van der Waals surface area contributed by atoms with E-state index in [1.165, 1.54) is 7.11 Å². The normalized spacial score (nSPS) is 12.4. The minimum Gasteiger partial charge on any atom is -0.481 e. The molecule has 0 fully saturated rings. The fourth-order valence-electron chi connectivity index (χ4n) is 1.31. The lowest BCUT2D eigenvalue weighted by Crippen LogP contribution is -2.16. The van der Waals surface area contributed by atoms with Gasteiger partial charge < -0.3 is 9.84 Å². The van der Waals surface area contributed by atoms with Crippen molar-refractivity contribution in [1.82, 2.24) is 0 Å². The van der Waals surface area contributed by atoms with Crippen molar-refractivity contribution in [3.05, 3.63) is 29.8 Å². The summed E-state index contributed by atoms with van der Waals surface area (Å²) in [5.74, 6) is -1.43. The fourth-order valence-corrected chi connectivity index (χ4v) is 1.72. The first-order valence-electron chi connectivity index (χ1n) is 4.54. The van der Waals surface area contributed by atoms with Crippen LogP contribution >= 0.6 is 11.8 Å². The number of carboxylic acids is 1. The van der Waals surface area contributed by atoms with Crippen LogP contribution in [0.5, 0.6) is 0 Å². The maximum Gasteiger partial charge on any atom is 0.313 e. The predicted molar refractivity (Wildman–Crippen MR) is 60.5 cm³/mol. The molecule has 1 aromatic rings. The Bertz CT molecular complexity index is 321. The van der Waals surface area contributed by atoms with Gasteiger partial charge in [0.1, 0.15) is 5.92 Å². The first-order chi connectivity index (χ1) is 7.19. The molecule has 82 valence electrons. The van der Waals surface area contributed by atoms with Crippen LogP contribution in [0.1, 0.15) is 11.5 Å². The zero-order valence-corrected chi connectivity index (χ0v) is 9.58. The number of methoxy groups -OCH3 is 1. The largest absolute Gasteiger partial charge is 0.481 e. The highest BCUT2D eigenvalue weighted by Crippen LogP contribution is 2.21. The van der Waals surface area contributed by atoms with E-state index in [1.807, 2.05) is 30.5 Å². The molecule has 0 amide bonds. The highest BCUT2D eigenvalue weighted by atomic mass is 32.2. The third kappa shape index (κ3) is 3.25. The monoisotopic (exact) mass is 226 g/mol. The number of carboxylic acid groups (broad SMARTS) is 1. The van der Waals surface area contributed by atoms with Crippen molar-refractivity contribution in [3.8, 4) is 0 Å². The molecular formula is C11H14O3S. The summed E-state index contributed by atoms with van der Waals surface area (Å²) in [6.45, 7) is 0.202. The van der Waals surface area contributed by atoms with E-state index in [4.69, 9.17) is 9.84 Å². The van der Waals surface area contributed by atoms with Crippen molar-refractivity contribution >= 4 is 17.7 Å². The maximum atomic E-state index is 11.0. The minimum absolute atomic E-state index is 0.202. The Morgan fingerprint density at radius 3 is 2.47 bits per heavy atom. The van der Waals surface area contributed by atoms with Crippen molar-refractivity contribution in [1.29, 1.82) is 0 Å². The average molecular weight is 226 g/mol. The van der Waals surface area contributed by atoms with Crippen molar-refractivity contribution in [2.24, 2.45) is 0 Å². The van der Waals surface area contributed by atoms with E-state index >= 15 is 0 Å². The van der Waals surface area contributed by atoms with Gasteiger partial charge in [0, 0.05) is 12.0 Å². The smallest absolute Gasteiger partial charge is 0.313 e. The van der Waals surface area contributed by atoms with Crippen molar-refractivity contribution in [3.63, 3.8) is 0 Å². The summed E-state index contributed by atoms with van der Waals surface area (Å²) in [5.41, 5.74) is 0.780. The second-order valence-electron chi connectivity index (χ2n) is 3.12. The maximum absolute atomic E-state index is 11.0. The molecule has 1 N–H and O–H groups in total. The lowest BCUT2D eigenvalue weighted by atomic mass is 10.0. The number of aliphatic carboxylic acids is 1. The van der Waals surface area contributed by atoms with E-state index < -0.39 is 11.9 Å². The summed E-state index contributed by atoms with van der Waals surface area (Å²) in [5, 5.41) is 9.00. The van der Waals surface area contributed by atoms with E-state index in [1.54, 1.807) is 11.8 Å². The van der Waals surface area contributed by atoms with Gasteiger partial charge in [-0.3, -0.25) is 4.79 Å². The Morgan fingerprint density at radius 1 is 1.47 bits per heavy atom. The lowest BCUT2D eigenvalue weighted by molar-refractivity contribution is -0.140. The molecule has 15 heavy (non-hydrogen) atoms. The zero-order valence-electron chi connectivity index (χ0n) is 8.77. The molecule has 0 saturated carbocycles. The van der Waals surface area contributed by atoms with Crippen LogP contribution in [0.4, 0.5) is 0 Å². The van der Waals surface area contributed by atoms with Gasteiger partial charge in [0.25, 0.3) is 0 Å². The highest BCUT2D eigenvalue weighted by Gasteiger charge is 2.19. The lowest BCUT2D eigenvalue weighted by Gasteiger charge is -2.11. The van der Waals surface area contributed by atoms with Gasteiger partial charge in [-0.05, 0) is 24.0 Å². The van der Waals surface area contributed by atoms with E-state index in [2.05, 4.69) is 0 Å². The first-order valence-corrected chi connectivity index (χ1v) is 5.77. The Hall–Kier alpha value is -1.00. The van der Waals surface area contributed by atoms with Gasteiger partial charge in [-0.25, -0.2) is 0 Å². The summed E-state index contributed by atoms with van der Waals surface area (Å²) < 4.78 is 4.89. The summed E-state index contributed by atoms with van der Waals surface area (Å²) in [7, 11) is 1.51. The molecule has 1 rings (SSSR count). The van der Waals surface area contributed by atoms with Crippen LogP contribution in [0.3, 0.4) is 0 Å². The molecular weight excluding hydrogens is 212 g/mol. The van der Waals surface area contributed by atoms with Crippen LogP contribution in [0.25, 0.3) is 0 Å². The van der Waals surface area contributed by atoms with Crippen LogP contribution in [0.2, 0.25) is 0 Å². The quantitative estimate of drug-likeness (QED) is 0.782. The van der Waals surface area contributed by atoms with Crippen molar-refractivity contribution < 1.29 is 14.6 Å². The molecule has 4 heteroatoms. The Labute approximate surface area is 93.4 Å². The van der Waals surface area contributed by atoms with Crippen LogP contribution in [-0.2, 0) is 9.53 Å². The molecule has 0 heterocycles. The molecule has 0 radical (unpaired) electrons. The number of hydrogen-bond acceptors (Lipinski definition) is 3. The number of ether oxygens (including phenoxy) is 1. The van der Waals surface area contributed by atoms with E-state index in [9.17, 15) is 4.79 Å². The molecule has 1 unspecified atom stereocenters. The Kier molecular flexibility index (Phi) is 4.65. The number of carbonyl (C=O) groups is 1.